The first-order valence-electron chi connectivity index (χ1n) is 7.91. The lowest BCUT2D eigenvalue weighted by Gasteiger charge is -2.41. The molecule has 1 rings (SSSR count). The molecule has 21 heavy (non-hydrogen) atoms. The first kappa shape index (κ1) is 18.3. The van der Waals surface area contributed by atoms with Crippen LogP contribution in [0.4, 0.5) is 0 Å². The fraction of sp³-hybridized carbons (Fsp3) is 0.875. The molecule has 0 aromatic rings. The van der Waals surface area contributed by atoms with Crippen molar-refractivity contribution in [2.45, 2.75) is 64.8 Å². The Morgan fingerprint density at radius 1 is 1.19 bits per heavy atom. The average Bonchev–Trinajstić information content (AvgIpc) is 2.39. The van der Waals surface area contributed by atoms with Gasteiger partial charge in [0.05, 0.1) is 0 Å². The second kappa shape index (κ2) is 8.06. The minimum Gasteiger partial charge on any atom is -0.342 e. The van der Waals surface area contributed by atoms with E-state index in [1.165, 1.54) is 0 Å². The second-order valence-electron chi connectivity index (χ2n) is 6.75. The lowest BCUT2D eigenvalue weighted by atomic mass is 9.93. The van der Waals surface area contributed by atoms with Crippen molar-refractivity contribution in [2.24, 2.45) is 11.8 Å². The lowest BCUT2D eigenvalue weighted by molar-refractivity contribution is -0.151. The largest absolute Gasteiger partial charge is 0.342 e. The van der Waals surface area contributed by atoms with Crippen LogP contribution in [0.25, 0.3) is 0 Å². The van der Waals surface area contributed by atoms with Crippen LogP contribution in [0.1, 0.15) is 47.5 Å². The van der Waals surface area contributed by atoms with Crippen LogP contribution in [0.15, 0.2) is 0 Å². The summed E-state index contributed by atoms with van der Waals surface area (Å²) < 4.78 is 0. The maximum Gasteiger partial charge on any atom is 0.245 e. The molecular formula is C16H30N2O2S. The highest BCUT2D eigenvalue weighted by Crippen LogP contribution is 2.22. The monoisotopic (exact) mass is 314 g/mol. The Balaban J connectivity index is 2.87. The van der Waals surface area contributed by atoms with Gasteiger partial charge in [0.15, 0.2) is 0 Å². The number of carbonyl (C=O) groups is 2. The number of nitrogens with zero attached hydrogens (tertiary/aromatic N) is 1. The molecule has 1 aliphatic rings. The zero-order chi connectivity index (χ0) is 16.2. The van der Waals surface area contributed by atoms with Gasteiger partial charge in [-0.3, -0.25) is 9.59 Å². The Morgan fingerprint density at radius 3 is 2.29 bits per heavy atom. The molecule has 122 valence electrons. The summed E-state index contributed by atoms with van der Waals surface area (Å²) in [5.74, 6) is 0.628. The van der Waals surface area contributed by atoms with Gasteiger partial charge in [0.2, 0.25) is 11.8 Å². The zero-order valence-corrected chi connectivity index (χ0v) is 15.0. The number of thioether (sulfide) groups is 1. The van der Waals surface area contributed by atoms with Gasteiger partial charge < -0.3 is 10.2 Å². The van der Waals surface area contributed by atoms with Crippen LogP contribution in [-0.4, -0.2) is 46.8 Å². The van der Waals surface area contributed by atoms with E-state index < -0.39 is 0 Å². The minimum absolute atomic E-state index is 0.00653. The van der Waals surface area contributed by atoms with E-state index in [1.54, 1.807) is 11.8 Å². The van der Waals surface area contributed by atoms with Crippen LogP contribution in [-0.2, 0) is 9.59 Å². The predicted molar refractivity (Wildman–Crippen MR) is 89.3 cm³/mol. The molecule has 0 bridgehead atoms. The van der Waals surface area contributed by atoms with Crippen molar-refractivity contribution < 1.29 is 9.59 Å². The third kappa shape index (κ3) is 4.90. The van der Waals surface area contributed by atoms with Gasteiger partial charge in [-0.25, -0.2) is 0 Å². The summed E-state index contributed by atoms with van der Waals surface area (Å²) >= 11 is 1.80. The molecule has 1 N–H and O–H groups in total. The molecule has 3 atom stereocenters. The Labute approximate surface area is 133 Å². The van der Waals surface area contributed by atoms with E-state index in [1.807, 2.05) is 18.7 Å². The number of nitrogens with one attached hydrogen (secondary N) is 1. The molecule has 3 unspecified atom stereocenters. The first-order chi connectivity index (χ1) is 9.77. The van der Waals surface area contributed by atoms with E-state index in [4.69, 9.17) is 0 Å². The molecule has 0 aromatic carbocycles. The van der Waals surface area contributed by atoms with Crippen LogP contribution in [0.3, 0.4) is 0 Å². The molecule has 2 amide bonds. The third-order valence-electron chi connectivity index (χ3n) is 4.02. The summed E-state index contributed by atoms with van der Waals surface area (Å²) in [6, 6.07) is -0.674. The topological polar surface area (TPSA) is 49.4 Å². The summed E-state index contributed by atoms with van der Waals surface area (Å²) in [4.78, 5) is 26.9. The van der Waals surface area contributed by atoms with Crippen LogP contribution in [0.5, 0.6) is 0 Å². The normalized spacial score (nSPS) is 24.7. The van der Waals surface area contributed by atoms with E-state index in [-0.39, 0.29) is 29.8 Å². The van der Waals surface area contributed by atoms with Crippen LogP contribution >= 0.6 is 11.8 Å². The van der Waals surface area contributed by atoms with Crippen molar-refractivity contribution in [3.05, 3.63) is 0 Å². The smallest absolute Gasteiger partial charge is 0.245 e. The molecule has 1 heterocycles. The molecule has 0 spiro atoms. The van der Waals surface area contributed by atoms with Crippen molar-refractivity contribution in [1.82, 2.24) is 10.2 Å². The Kier molecular flexibility index (Phi) is 7.04. The number of rotatable bonds is 7. The third-order valence-corrected chi connectivity index (χ3v) is 5.06. The van der Waals surface area contributed by atoms with E-state index in [2.05, 4.69) is 32.3 Å². The van der Waals surface area contributed by atoms with Crippen molar-refractivity contribution in [1.29, 1.82) is 0 Å². The number of amides is 2. The second-order valence-corrected chi connectivity index (χ2v) is 8.02. The quantitative estimate of drug-likeness (QED) is 0.785. The van der Waals surface area contributed by atoms with Gasteiger partial charge in [-0.1, -0.05) is 34.6 Å². The van der Waals surface area contributed by atoms with E-state index in [9.17, 15) is 9.59 Å². The maximum atomic E-state index is 12.7. The van der Waals surface area contributed by atoms with Crippen LogP contribution in [0, 0.1) is 11.8 Å². The standard InChI is InChI=1S/C16H30N2O2S/c1-10(2)9-13-16(20)18(8-7-12(5)21-6)14(11(3)4)15(19)17-13/h10-14H,7-9H2,1-6H3,(H,17,19). The number of hydrogen-bond acceptors (Lipinski definition) is 3. The van der Waals surface area contributed by atoms with E-state index >= 15 is 0 Å². The van der Waals surface area contributed by atoms with Gasteiger partial charge >= 0.3 is 0 Å². The lowest BCUT2D eigenvalue weighted by Crippen LogP contribution is -2.65. The fourth-order valence-corrected chi connectivity index (χ4v) is 3.12. The van der Waals surface area contributed by atoms with Gasteiger partial charge in [-0.2, -0.15) is 11.8 Å². The molecule has 4 nitrogen and oxygen atoms in total. The molecular weight excluding hydrogens is 284 g/mol. The fourth-order valence-electron chi connectivity index (χ4n) is 2.78. The Morgan fingerprint density at radius 2 is 1.81 bits per heavy atom. The molecule has 1 aliphatic heterocycles. The van der Waals surface area contributed by atoms with Gasteiger partial charge in [-0.05, 0) is 30.9 Å². The molecule has 0 aromatic heterocycles. The van der Waals surface area contributed by atoms with Gasteiger partial charge in [0.25, 0.3) is 0 Å². The molecule has 1 saturated heterocycles. The first-order valence-corrected chi connectivity index (χ1v) is 9.20. The number of piperazine rings is 1. The predicted octanol–water partition coefficient (Wildman–Crippen LogP) is 2.53. The molecule has 5 heteroatoms. The molecule has 0 saturated carbocycles. The van der Waals surface area contributed by atoms with Gasteiger partial charge in [0, 0.05) is 11.8 Å². The number of carbonyl (C=O) groups excluding carboxylic acids is 2. The summed E-state index contributed by atoms with van der Waals surface area (Å²) in [6.07, 6.45) is 3.72. The Bertz CT molecular complexity index is 371. The van der Waals surface area contributed by atoms with Crippen LogP contribution in [0.2, 0.25) is 0 Å². The summed E-state index contributed by atoms with van der Waals surface area (Å²) in [7, 11) is 0. The zero-order valence-electron chi connectivity index (χ0n) is 14.2. The summed E-state index contributed by atoms with van der Waals surface area (Å²) in [6.45, 7) is 11.0. The van der Waals surface area contributed by atoms with Crippen molar-refractivity contribution in [2.75, 3.05) is 12.8 Å². The molecule has 1 fully saturated rings. The highest BCUT2D eigenvalue weighted by molar-refractivity contribution is 7.99. The van der Waals surface area contributed by atoms with Crippen molar-refractivity contribution in [3.63, 3.8) is 0 Å². The van der Waals surface area contributed by atoms with Gasteiger partial charge in [-0.15, -0.1) is 0 Å². The SMILES string of the molecule is CSC(C)CCN1C(=O)C(CC(C)C)NC(=O)C1C(C)C. The maximum absolute atomic E-state index is 12.7. The summed E-state index contributed by atoms with van der Waals surface area (Å²) in [5.41, 5.74) is 0. The van der Waals surface area contributed by atoms with E-state index in [0.29, 0.717) is 24.1 Å². The van der Waals surface area contributed by atoms with Crippen LogP contribution < -0.4 is 5.32 Å². The van der Waals surface area contributed by atoms with Crippen molar-refractivity contribution >= 4 is 23.6 Å². The Hall–Kier alpha value is -0.710. The average molecular weight is 314 g/mol. The number of hydrogen-bond donors (Lipinski definition) is 1. The molecule has 0 aliphatic carbocycles. The van der Waals surface area contributed by atoms with Crippen molar-refractivity contribution in [3.8, 4) is 0 Å². The summed E-state index contributed by atoms with van der Waals surface area (Å²) in [5, 5.41) is 3.42. The van der Waals surface area contributed by atoms with E-state index in [0.717, 1.165) is 6.42 Å². The highest BCUT2D eigenvalue weighted by atomic mass is 32.2. The minimum atomic E-state index is -0.350. The van der Waals surface area contributed by atoms with Gasteiger partial charge in [0.1, 0.15) is 12.1 Å². The highest BCUT2D eigenvalue weighted by Gasteiger charge is 2.41. The molecule has 0 radical (unpaired) electrons.